The lowest BCUT2D eigenvalue weighted by atomic mass is 10.3. The van der Waals surface area contributed by atoms with Gasteiger partial charge in [-0.25, -0.2) is 14.4 Å². The Labute approximate surface area is 108 Å². The Morgan fingerprint density at radius 2 is 2.11 bits per heavy atom. The first kappa shape index (κ1) is 12.8. The fourth-order valence-electron chi connectivity index (χ4n) is 1.38. The van der Waals surface area contributed by atoms with Gasteiger partial charge in [-0.1, -0.05) is 23.9 Å². The van der Waals surface area contributed by atoms with Crippen molar-refractivity contribution in [2.45, 2.75) is 16.5 Å². The van der Waals surface area contributed by atoms with E-state index in [1.54, 1.807) is 31.4 Å². The summed E-state index contributed by atoms with van der Waals surface area (Å²) in [5.74, 6) is 0.542. The van der Waals surface area contributed by atoms with Crippen LogP contribution in [0.1, 0.15) is 5.82 Å². The second-order valence-corrected chi connectivity index (χ2v) is 4.57. The molecule has 0 amide bonds. The van der Waals surface area contributed by atoms with E-state index in [4.69, 9.17) is 10.5 Å². The Hall–Kier alpha value is -1.66. The molecule has 0 atom stereocenters. The molecule has 1 heterocycles. The van der Waals surface area contributed by atoms with E-state index in [1.165, 1.54) is 17.8 Å². The number of aromatic nitrogens is 2. The largest absolute Gasteiger partial charge is 0.384 e. The standard InChI is InChI=1S/C12H12FN3OS/c1-17-7-11-15-10(14)6-12(16-11)18-9-5-3-2-4-8(9)13/h2-6H,7H2,1H3,(H2,14,15,16). The molecule has 0 aliphatic carbocycles. The molecule has 2 aromatic rings. The topological polar surface area (TPSA) is 61.0 Å². The minimum Gasteiger partial charge on any atom is -0.384 e. The number of ether oxygens (including phenoxy) is 1. The minimum atomic E-state index is -0.284. The molecule has 1 aromatic carbocycles. The van der Waals surface area contributed by atoms with Crippen LogP contribution in [-0.2, 0) is 11.3 Å². The number of benzene rings is 1. The van der Waals surface area contributed by atoms with E-state index in [1.807, 2.05) is 0 Å². The van der Waals surface area contributed by atoms with E-state index in [0.29, 0.717) is 21.6 Å². The van der Waals surface area contributed by atoms with Gasteiger partial charge < -0.3 is 10.5 Å². The molecule has 2 rings (SSSR count). The fourth-order valence-corrected chi connectivity index (χ4v) is 2.25. The lowest BCUT2D eigenvalue weighted by molar-refractivity contribution is 0.177. The van der Waals surface area contributed by atoms with Gasteiger partial charge in [0.2, 0.25) is 0 Å². The molecule has 0 unspecified atom stereocenters. The van der Waals surface area contributed by atoms with E-state index in [9.17, 15) is 4.39 Å². The zero-order valence-electron chi connectivity index (χ0n) is 9.76. The monoisotopic (exact) mass is 265 g/mol. The zero-order chi connectivity index (χ0) is 13.0. The van der Waals surface area contributed by atoms with Crippen LogP contribution in [0.15, 0.2) is 40.3 Å². The van der Waals surface area contributed by atoms with Crippen LogP contribution in [0.3, 0.4) is 0 Å². The lowest BCUT2D eigenvalue weighted by Crippen LogP contribution is -2.01. The Morgan fingerprint density at radius 3 is 2.83 bits per heavy atom. The summed E-state index contributed by atoms with van der Waals surface area (Å²) < 4.78 is 18.5. The molecule has 0 radical (unpaired) electrons. The molecule has 0 spiro atoms. The van der Waals surface area contributed by atoms with Crippen LogP contribution in [0.2, 0.25) is 0 Å². The summed E-state index contributed by atoms with van der Waals surface area (Å²) in [7, 11) is 1.55. The number of nitrogens with two attached hydrogens (primary N) is 1. The van der Waals surface area contributed by atoms with E-state index in [0.717, 1.165) is 0 Å². The highest BCUT2D eigenvalue weighted by Crippen LogP contribution is 2.28. The quantitative estimate of drug-likeness (QED) is 0.861. The van der Waals surface area contributed by atoms with E-state index < -0.39 is 0 Å². The van der Waals surface area contributed by atoms with Gasteiger partial charge in [-0.05, 0) is 12.1 Å². The van der Waals surface area contributed by atoms with Crippen molar-refractivity contribution in [1.82, 2.24) is 9.97 Å². The third-order valence-electron chi connectivity index (χ3n) is 2.09. The van der Waals surface area contributed by atoms with Crippen LogP contribution in [0, 0.1) is 5.82 Å². The molecule has 2 N–H and O–H groups in total. The van der Waals surface area contributed by atoms with Gasteiger partial charge in [-0.15, -0.1) is 0 Å². The summed E-state index contributed by atoms with van der Waals surface area (Å²) >= 11 is 1.21. The molecule has 0 bridgehead atoms. The Kier molecular flexibility index (Phi) is 4.11. The molecule has 6 heteroatoms. The summed E-state index contributed by atoms with van der Waals surface area (Å²) in [5.41, 5.74) is 5.67. The maximum atomic E-state index is 13.5. The number of hydrogen-bond donors (Lipinski definition) is 1. The number of hydrogen-bond acceptors (Lipinski definition) is 5. The number of rotatable bonds is 4. The van der Waals surface area contributed by atoms with Crippen molar-refractivity contribution in [2.75, 3.05) is 12.8 Å². The number of anilines is 1. The van der Waals surface area contributed by atoms with Crippen molar-refractivity contribution >= 4 is 17.6 Å². The van der Waals surface area contributed by atoms with E-state index in [-0.39, 0.29) is 12.4 Å². The smallest absolute Gasteiger partial charge is 0.157 e. The summed E-state index contributed by atoms with van der Waals surface area (Å²) in [4.78, 5) is 8.76. The highest BCUT2D eigenvalue weighted by Gasteiger charge is 2.07. The second-order valence-electron chi connectivity index (χ2n) is 3.51. The zero-order valence-corrected chi connectivity index (χ0v) is 10.6. The van der Waals surface area contributed by atoms with Gasteiger partial charge in [0.05, 0.1) is 0 Å². The number of nitrogen functional groups attached to an aromatic ring is 1. The summed E-state index contributed by atoms with van der Waals surface area (Å²) in [6, 6.07) is 8.11. The van der Waals surface area contributed by atoms with Crippen LogP contribution in [0.5, 0.6) is 0 Å². The predicted octanol–water partition coefficient (Wildman–Crippen LogP) is 2.50. The molecule has 4 nitrogen and oxygen atoms in total. The summed E-state index contributed by atoms with van der Waals surface area (Å²) in [6.07, 6.45) is 0. The molecular formula is C12H12FN3OS. The first-order chi connectivity index (χ1) is 8.69. The highest BCUT2D eigenvalue weighted by atomic mass is 32.2. The third kappa shape index (κ3) is 3.18. The van der Waals surface area contributed by atoms with Crippen LogP contribution in [-0.4, -0.2) is 17.1 Å². The molecule has 1 aromatic heterocycles. The lowest BCUT2D eigenvalue weighted by Gasteiger charge is -2.05. The SMILES string of the molecule is COCc1nc(N)cc(Sc2ccccc2F)n1. The van der Waals surface area contributed by atoms with Crippen molar-refractivity contribution < 1.29 is 9.13 Å². The molecule has 0 saturated carbocycles. The molecule has 0 fully saturated rings. The molecule has 0 aliphatic heterocycles. The number of nitrogens with zero attached hydrogens (tertiary/aromatic N) is 2. The molecule has 0 saturated heterocycles. The van der Waals surface area contributed by atoms with Gasteiger partial charge in [-0.3, -0.25) is 0 Å². The Bertz CT molecular complexity index is 551. The Balaban J connectivity index is 2.26. The first-order valence-corrected chi connectivity index (χ1v) is 6.05. The molecular weight excluding hydrogens is 253 g/mol. The number of methoxy groups -OCH3 is 1. The number of halogens is 1. The predicted molar refractivity (Wildman–Crippen MR) is 67.7 cm³/mol. The van der Waals surface area contributed by atoms with Gasteiger partial charge in [-0.2, -0.15) is 0 Å². The summed E-state index contributed by atoms with van der Waals surface area (Å²) in [6.45, 7) is 0.274. The Morgan fingerprint density at radius 1 is 1.33 bits per heavy atom. The van der Waals surface area contributed by atoms with Gasteiger partial charge in [0.25, 0.3) is 0 Å². The van der Waals surface area contributed by atoms with Crippen LogP contribution >= 0.6 is 11.8 Å². The van der Waals surface area contributed by atoms with Crippen molar-refractivity contribution in [3.63, 3.8) is 0 Å². The first-order valence-electron chi connectivity index (χ1n) is 5.24. The van der Waals surface area contributed by atoms with E-state index in [2.05, 4.69) is 9.97 Å². The van der Waals surface area contributed by atoms with Crippen molar-refractivity contribution in [3.8, 4) is 0 Å². The van der Waals surface area contributed by atoms with Gasteiger partial charge in [0, 0.05) is 18.1 Å². The van der Waals surface area contributed by atoms with E-state index >= 15 is 0 Å². The average molecular weight is 265 g/mol. The molecule has 18 heavy (non-hydrogen) atoms. The maximum Gasteiger partial charge on any atom is 0.157 e. The van der Waals surface area contributed by atoms with Gasteiger partial charge in [0.15, 0.2) is 5.82 Å². The fraction of sp³-hybridized carbons (Fsp3) is 0.167. The highest BCUT2D eigenvalue weighted by molar-refractivity contribution is 7.99. The van der Waals surface area contributed by atoms with Crippen LogP contribution < -0.4 is 5.73 Å². The summed E-state index contributed by atoms with van der Waals surface area (Å²) in [5, 5.41) is 0.597. The average Bonchev–Trinajstić information content (AvgIpc) is 2.32. The van der Waals surface area contributed by atoms with Crippen LogP contribution in [0.4, 0.5) is 10.2 Å². The molecule has 0 aliphatic rings. The second kappa shape index (κ2) is 5.79. The van der Waals surface area contributed by atoms with Crippen molar-refractivity contribution in [1.29, 1.82) is 0 Å². The molecule has 94 valence electrons. The minimum absolute atomic E-state index is 0.274. The third-order valence-corrected chi connectivity index (χ3v) is 3.06. The van der Waals surface area contributed by atoms with Gasteiger partial charge in [0.1, 0.15) is 23.3 Å². The van der Waals surface area contributed by atoms with Crippen molar-refractivity contribution in [3.05, 3.63) is 42.0 Å². The normalized spacial score (nSPS) is 10.6. The maximum absolute atomic E-state index is 13.5. The van der Waals surface area contributed by atoms with Crippen LogP contribution in [0.25, 0.3) is 0 Å². The van der Waals surface area contributed by atoms with Crippen molar-refractivity contribution in [2.24, 2.45) is 0 Å². The van der Waals surface area contributed by atoms with Gasteiger partial charge >= 0.3 is 0 Å².